The Hall–Kier alpha value is -1.55. The summed E-state index contributed by atoms with van der Waals surface area (Å²) in [5.74, 6) is 0.614. The van der Waals surface area contributed by atoms with Gasteiger partial charge in [-0.05, 0) is 11.8 Å². The van der Waals surface area contributed by atoms with Gasteiger partial charge in [-0.15, -0.1) is 0 Å². The van der Waals surface area contributed by atoms with Gasteiger partial charge in [0.2, 0.25) is 5.88 Å². The van der Waals surface area contributed by atoms with Gasteiger partial charge in [0.1, 0.15) is 6.61 Å². The molecular formula is C12H12N2OS. The maximum absolute atomic E-state index is 5.57. The van der Waals surface area contributed by atoms with Crippen LogP contribution in [0, 0.1) is 0 Å². The number of hydrogen-bond acceptors (Lipinski definition) is 4. The minimum Gasteiger partial charge on any atom is -0.473 e. The van der Waals surface area contributed by atoms with E-state index in [-0.39, 0.29) is 0 Å². The predicted octanol–water partition coefficient (Wildman–Crippen LogP) is 2.78. The molecule has 0 unspecified atom stereocenters. The Morgan fingerprint density at radius 3 is 2.75 bits per heavy atom. The van der Waals surface area contributed by atoms with Gasteiger partial charge in [0.25, 0.3) is 0 Å². The largest absolute Gasteiger partial charge is 0.473 e. The summed E-state index contributed by atoms with van der Waals surface area (Å²) in [7, 11) is 0. The molecule has 1 aromatic heterocycles. The van der Waals surface area contributed by atoms with E-state index >= 15 is 0 Å². The fourth-order valence-corrected chi connectivity index (χ4v) is 1.58. The molecule has 2 rings (SSSR count). The Kier molecular flexibility index (Phi) is 3.77. The lowest BCUT2D eigenvalue weighted by Crippen LogP contribution is -1.98. The number of ether oxygens (including phenoxy) is 1. The number of benzene rings is 1. The molecule has 0 atom stereocenters. The quantitative estimate of drug-likeness (QED) is 0.599. The van der Waals surface area contributed by atoms with Crippen LogP contribution in [0.4, 0.5) is 0 Å². The third-order valence-corrected chi connectivity index (χ3v) is 2.58. The molecule has 4 heteroatoms. The van der Waals surface area contributed by atoms with E-state index < -0.39 is 0 Å². The second kappa shape index (κ2) is 5.51. The van der Waals surface area contributed by atoms with Crippen LogP contribution in [0.2, 0.25) is 0 Å². The molecule has 0 radical (unpaired) electrons. The zero-order valence-corrected chi connectivity index (χ0v) is 9.78. The van der Waals surface area contributed by atoms with E-state index in [0.29, 0.717) is 12.5 Å². The fraction of sp³-hybridized carbons (Fsp3) is 0.167. The molecule has 0 N–H and O–H groups in total. The van der Waals surface area contributed by atoms with Gasteiger partial charge in [-0.3, -0.25) is 0 Å². The van der Waals surface area contributed by atoms with Gasteiger partial charge >= 0.3 is 0 Å². The predicted molar refractivity (Wildman–Crippen MR) is 64.6 cm³/mol. The highest BCUT2D eigenvalue weighted by Gasteiger charge is 1.99. The molecule has 3 nitrogen and oxygen atoms in total. The molecule has 2 aromatic rings. The van der Waals surface area contributed by atoms with Crippen LogP contribution in [-0.2, 0) is 6.61 Å². The van der Waals surface area contributed by atoms with Gasteiger partial charge < -0.3 is 4.74 Å². The van der Waals surface area contributed by atoms with E-state index in [9.17, 15) is 0 Å². The summed E-state index contributed by atoms with van der Waals surface area (Å²) in [4.78, 5) is 8.32. The number of rotatable bonds is 4. The number of aromatic nitrogens is 2. The minimum absolute atomic E-state index is 0.533. The topological polar surface area (TPSA) is 35.0 Å². The van der Waals surface area contributed by atoms with E-state index in [2.05, 4.69) is 9.97 Å². The lowest BCUT2D eigenvalue weighted by Gasteiger charge is -2.05. The van der Waals surface area contributed by atoms with Gasteiger partial charge in [0, 0.05) is 12.3 Å². The summed E-state index contributed by atoms with van der Waals surface area (Å²) in [5, 5.41) is 0.727. The molecule has 0 amide bonds. The Morgan fingerprint density at radius 1 is 1.19 bits per heavy atom. The Bertz CT molecular complexity index is 448. The van der Waals surface area contributed by atoms with Crippen molar-refractivity contribution in [2.45, 2.75) is 11.8 Å². The van der Waals surface area contributed by atoms with Crippen molar-refractivity contribution in [3.63, 3.8) is 0 Å². The van der Waals surface area contributed by atoms with Crippen molar-refractivity contribution in [3.8, 4) is 5.88 Å². The molecule has 0 spiro atoms. The lowest BCUT2D eigenvalue weighted by molar-refractivity contribution is 0.290. The lowest BCUT2D eigenvalue weighted by atomic mass is 10.2. The minimum atomic E-state index is 0.533. The van der Waals surface area contributed by atoms with Crippen molar-refractivity contribution in [3.05, 3.63) is 48.2 Å². The summed E-state index contributed by atoms with van der Waals surface area (Å²) >= 11 is 1.50. The standard InChI is InChI=1S/C12H12N2OS/c1-16-12-13-8-7-11(14-12)15-9-10-5-3-2-4-6-10/h2-8H,9H2,1H3. The Labute approximate surface area is 98.9 Å². The second-order valence-corrected chi connectivity index (χ2v) is 3.93. The smallest absolute Gasteiger partial charge is 0.217 e. The van der Waals surface area contributed by atoms with Crippen molar-refractivity contribution >= 4 is 11.8 Å². The van der Waals surface area contributed by atoms with E-state index in [4.69, 9.17) is 4.74 Å². The van der Waals surface area contributed by atoms with Crippen LogP contribution < -0.4 is 4.74 Å². The third kappa shape index (κ3) is 2.97. The number of nitrogens with zero attached hydrogens (tertiary/aromatic N) is 2. The average Bonchev–Trinajstić information content (AvgIpc) is 2.38. The summed E-state index contributed by atoms with van der Waals surface area (Å²) in [5.41, 5.74) is 1.13. The van der Waals surface area contributed by atoms with Crippen molar-refractivity contribution < 1.29 is 4.74 Å². The van der Waals surface area contributed by atoms with E-state index in [1.807, 2.05) is 36.6 Å². The molecule has 82 valence electrons. The first-order chi connectivity index (χ1) is 7.88. The van der Waals surface area contributed by atoms with Crippen molar-refractivity contribution in [2.75, 3.05) is 6.26 Å². The normalized spacial score (nSPS) is 10.1. The maximum atomic E-state index is 5.57. The first-order valence-corrected chi connectivity index (χ1v) is 6.15. The number of thioether (sulfide) groups is 1. The van der Waals surface area contributed by atoms with Gasteiger partial charge in [-0.1, -0.05) is 42.1 Å². The zero-order chi connectivity index (χ0) is 11.2. The van der Waals surface area contributed by atoms with Crippen molar-refractivity contribution in [2.24, 2.45) is 0 Å². The first-order valence-electron chi connectivity index (χ1n) is 4.92. The summed E-state index contributed by atoms with van der Waals surface area (Å²) in [6.07, 6.45) is 3.65. The molecule has 0 fully saturated rings. The van der Waals surface area contributed by atoms with E-state index in [0.717, 1.165) is 10.7 Å². The van der Waals surface area contributed by atoms with Crippen LogP contribution in [0.3, 0.4) is 0 Å². The molecule has 0 bridgehead atoms. The zero-order valence-electron chi connectivity index (χ0n) is 8.96. The molecule has 0 saturated carbocycles. The highest BCUT2D eigenvalue weighted by molar-refractivity contribution is 7.98. The highest BCUT2D eigenvalue weighted by Crippen LogP contribution is 2.13. The molecule has 0 aliphatic carbocycles. The van der Waals surface area contributed by atoms with Gasteiger partial charge in [0.05, 0.1) is 0 Å². The van der Waals surface area contributed by atoms with Gasteiger partial charge in [-0.25, -0.2) is 4.98 Å². The maximum Gasteiger partial charge on any atom is 0.217 e. The summed E-state index contributed by atoms with van der Waals surface area (Å²) in [6.45, 7) is 0.533. The molecule has 1 heterocycles. The van der Waals surface area contributed by atoms with E-state index in [1.165, 1.54) is 11.8 Å². The molecule has 0 aliphatic heterocycles. The van der Waals surface area contributed by atoms with Gasteiger partial charge in [-0.2, -0.15) is 4.98 Å². The molecule has 16 heavy (non-hydrogen) atoms. The van der Waals surface area contributed by atoms with Crippen molar-refractivity contribution in [1.82, 2.24) is 9.97 Å². The molecule has 1 aromatic carbocycles. The van der Waals surface area contributed by atoms with Crippen LogP contribution in [0.25, 0.3) is 0 Å². The summed E-state index contributed by atoms with van der Waals surface area (Å²) in [6, 6.07) is 11.8. The third-order valence-electron chi connectivity index (χ3n) is 2.02. The van der Waals surface area contributed by atoms with E-state index in [1.54, 1.807) is 12.3 Å². The first kappa shape index (κ1) is 11.0. The Morgan fingerprint density at radius 2 is 2.00 bits per heavy atom. The molecular weight excluding hydrogens is 220 g/mol. The van der Waals surface area contributed by atoms with Gasteiger partial charge in [0.15, 0.2) is 5.16 Å². The fourth-order valence-electron chi connectivity index (χ4n) is 1.24. The monoisotopic (exact) mass is 232 g/mol. The Balaban J connectivity index is 1.99. The molecule has 0 saturated heterocycles. The second-order valence-electron chi connectivity index (χ2n) is 3.16. The average molecular weight is 232 g/mol. The number of hydrogen-bond donors (Lipinski definition) is 0. The summed E-state index contributed by atoms with van der Waals surface area (Å²) < 4.78 is 5.57. The van der Waals surface area contributed by atoms with Crippen LogP contribution in [-0.4, -0.2) is 16.2 Å². The van der Waals surface area contributed by atoms with Crippen LogP contribution >= 0.6 is 11.8 Å². The highest BCUT2D eigenvalue weighted by atomic mass is 32.2. The van der Waals surface area contributed by atoms with Crippen LogP contribution in [0.15, 0.2) is 47.8 Å². The van der Waals surface area contributed by atoms with Crippen LogP contribution in [0.1, 0.15) is 5.56 Å². The van der Waals surface area contributed by atoms with Crippen LogP contribution in [0.5, 0.6) is 5.88 Å². The van der Waals surface area contributed by atoms with Crippen molar-refractivity contribution in [1.29, 1.82) is 0 Å². The SMILES string of the molecule is CSc1nccc(OCc2ccccc2)n1. The molecule has 0 aliphatic rings.